The highest BCUT2D eigenvalue weighted by molar-refractivity contribution is 6.30. The minimum Gasteiger partial charge on any atom is -0.466 e. The second-order valence-corrected chi connectivity index (χ2v) is 6.54. The average molecular weight is 351 g/mol. The number of ether oxygens (including phenoxy) is 1. The van der Waals surface area contributed by atoms with Crippen molar-refractivity contribution in [2.24, 2.45) is 0 Å². The van der Waals surface area contributed by atoms with Gasteiger partial charge in [-0.3, -0.25) is 0 Å². The summed E-state index contributed by atoms with van der Waals surface area (Å²) in [5.41, 5.74) is 1.89. The first-order valence-electron chi connectivity index (χ1n) is 8.06. The van der Waals surface area contributed by atoms with Gasteiger partial charge in [0.15, 0.2) is 0 Å². The number of hydrogen-bond donors (Lipinski definition) is 3. The van der Waals surface area contributed by atoms with Crippen molar-refractivity contribution in [1.29, 1.82) is 0 Å². The maximum atomic E-state index is 12.4. The van der Waals surface area contributed by atoms with E-state index in [1.54, 1.807) is 12.1 Å². The Morgan fingerprint density at radius 2 is 1.96 bits per heavy atom. The average Bonchev–Trinajstić information content (AvgIpc) is 3.07. The summed E-state index contributed by atoms with van der Waals surface area (Å²) >= 11 is 5.94. The fourth-order valence-electron chi connectivity index (χ4n) is 3.32. The molecule has 0 unspecified atom stereocenters. The molecule has 2 heterocycles. The summed E-state index contributed by atoms with van der Waals surface area (Å²) in [7, 11) is 1.35. The summed E-state index contributed by atoms with van der Waals surface area (Å²) in [5, 5.41) is 6.21. The van der Waals surface area contributed by atoms with Gasteiger partial charge in [-0.2, -0.15) is 0 Å². The molecule has 1 atom stereocenters. The minimum atomic E-state index is -0.541. The van der Waals surface area contributed by atoms with E-state index < -0.39 is 12.0 Å². The SMILES string of the molecule is COC(=O)C1=C(C[NH+]2CCCC2)NC(=O)N[C@H]1c1ccc(Cl)cc1. The quantitative estimate of drug-likeness (QED) is 0.703. The molecule has 3 N–H and O–H groups in total. The van der Waals surface area contributed by atoms with Crippen molar-refractivity contribution in [1.82, 2.24) is 10.6 Å². The molecule has 0 saturated carbocycles. The minimum absolute atomic E-state index is 0.309. The standard InChI is InChI=1S/C17H20ClN3O3/c1-24-16(22)14-13(10-21-8-2-3-9-21)19-17(23)20-15(14)11-4-6-12(18)7-5-11/h4-7,15H,2-3,8-10H2,1H3,(H2,19,20,23)/p+1/t15-/m0/s1. The number of esters is 1. The molecule has 6 nitrogen and oxygen atoms in total. The highest BCUT2D eigenvalue weighted by Crippen LogP contribution is 2.28. The number of amides is 2. The third-order valence-electron chi connectivity index (χ3n) is 4.50. The zero-order valence-corrected chi connectivity index (χ0v) is 14.3. The van der Waals surface area contributed by atoms with Crippen molar-refractivity contribution in [3.05, 3.63) is 46.1 Å². The lowest BCUT2D eigenvalue weighted by Gasteiger charge is -2.29. The van der Waals surface area contributed by atoms with Crippen molar-refractivity contribution >= 4 is 23.6 Å². The van der Waals surface area contributed by atoms with Gasteiger partial charge in [0.25, 0.3) is 0 Å². The van der Waals surface area contributed by atoms with Crippen LogP contribution in [0.15, 0.2) is 35.5 Å². The summed E-state index contributed by atoms with van der Waals surface area (Å²) < 4.78 is 4.97. The first kappa shape index (κ1) is 16.8. The van der Waals surface area contributed by atoms with Gasteiger partial charge in [0.1, 0.15) is 6.54 Å². The fraction of sp³-hybridized carbons (Fsp3) is 0.412. The van der Waals surface area contributed by atoms with Gasteiger partial charge in [0, 0.05) is 17.9 Å². The lowest BCUT2D eigenvalue weighted by atomic mass is 9.95. The molecule has 1 fully saturated rings. The molecule has 2 amide bonds. The third-order valence-corrected chi connectivity index (χ3v) is 4.75. The van der Waals surface area contributed by atoms with Crippen LogP contribution in [0.3, 0.4) is 0 Å². The predicted octanol–water partition coefficient (Wildman–Crippen LogP) is 0.800. The number of nitrogens with one attached hydrogen (secondary N) is 3. The van der Waals surface area contributed by atoms with E-state index in [4.69, 9.17) is 16.3 Å². The molecule has 2 aliphatic rings. The van der Waals surface area contributed by atoms with Crippen LogP contribution in [0, 0.1) is 0 Å². The topological polar surface area (TPSA) is 71.9 Å². The number of halogens is 1. The zero-order valence-electron chi connectivity index (χ0n) is 13.5. The number of hydrogen-bond acceptors (Lipinski definition) is 3. The van der Waals surface area contributed by atoms with E-state index >= 15 is 0 Å². The van der Waals surface area contributed by atoms with Gasteiger partial charge in [0.05, 0.1) is 37.5 Å². The van der Waals surface area contributed by atoms with Crippen molar-refractivity contribution in [3.8, 4) is 0 Å². The number of benzene rings is 1. The van der Waals surface area contributed by atoms with E-state index in [0.29, 0.717) is 22.8 Å². The highest BCUT2D eigenvalue weighted by Gasteiger charge is 2.35. The van der Waals surface area contributed by atoms with Gasteiger partial charge in [-0.1, -0.05) is 23.7 Å². The molecule has 1 saturated heterocycles. The molecule has 128 valence electrons. The number of carbonyl (C=O) groups excluding carboxylic acids is 2. The zero-order chi connectivity index (χ0) is 17.1. The summed E-state index contributed by atoms with van der Waals surface area (Å²) in [6.07, 6.45) is 2.34. The van der Waals surface area contributed by atoms with Crippen molar-refractivity contribution < 1.29 is 19.2 Å². The van der Waals surface area contributed by atoms with Crippen LogP contribution in [0.2, 0.25) is 5.02 Å². The Labute approximate surface area is 145 Å². The summed E-state index contributed by atoms with van der Waals surface area (Å²) in [6, 6.07) is 6.25. The van der Waals surface area contributed by atoms with E-state index in [2.05, 4.69) is 10.6 Å². The van der Waals surface area contributed by atoms with Gasteiger partial charge < -0.3 is 20.3 Å². The molecular weight excluding hydrogens is 330 g/mol. The van der Waals surface area contributed by atoms with Gasteiger partial charge in [-0.25, -0.2) is 9.59 Å². The molecular formula is C17H21ClN3O3+. The maximum Gasteiger partial charge on any atom is 0.338 e. The molecule has 0 spiro atoms. The number of rotatable bonds is 4. The molecule has 7 heteroatoms. The Morgan fingerprint density at radius 1 is 1.29 bits per heavy atom. The third kappa shape index (κ3) is 3.55. The predicted molar refractivity (Wildman–Crippen MR) is 89.7 cm³/mol. The lowest BCUT2D eigenvalue weighted by molar-refractivity contribution is -0.882. The molecule has 1 aromatic carbocycles. The van der Waals surface area contributed by atoms with Crippen LogP contribution in [0.1, 0.15) is 24.4 Å². The lowest BCUT2D eigenvalue weighted by Crippen LogP contribution is -3.10. The van der Waals surface area contributed by atoms with E-state index in [1.165, 1.54) is 24.9 Å². The van der Waals surface area contributed by atoms with E-state index in [1.807, 2.05) is 12.1 Å². The van der Waals surface area contributed by atoms with E-state index in [-0.39, 0.29) is 6.03 Å². The second kappa shape index (κ2) is 7.23. The first-order chi connectivity index (χ1) is 11.6. The summed E-state index contributed by atoms with van der Waals surface area (Å²) in [5.74, 6) is -0.434. The Morgan fingerprint density at radius 3 is 2.58 bits per heavy atom. The molecule has 0 radical (unpaired) electrons. The Kier molecular flexibility index (Phi) is 5.06. The number of quaternary nitrogens is 1. The molecule has 3 rings (SSSR count). The number of urea groups is 1. The Bertz CT molecular complexity index is 666. The molecule has 1 aromatic rings. The number of likely N-dealkylation sites (tertiary alicyclic amines) is 1. The maximum absolute atomic E-state index is 12.4. The van der Waals surface area contributed by atoms with Crippen molar-refractivity contribution in [2.45, 2.75) is 18.9 Å². The highest BCUT2D eigenvalue weighted by atomic mass is 35.5. The molecule has 0 aromatic heterocycles. The normalized spacial score (nSPS) is 21.4. The Hall–Kier alpha value is -2.05. The first-order valence-corrected chi connectivity index (χ1v) is 8.44. The fourth-order valence-corrected chi connectivity index (χ4v) is 3.44. The Balaban J connectivity index is 1.99. The van der Waals surface area contributed by atoms with E-state index in [0.717, 1.165) is 18.7 Å². The van der Waals surface area contributed by atoms with Gasteiger partial charge in [0.2, 0.25) is 0 Å². The monoisotopic (exact) mass is 350 g/mol. The molecule has 0 bridgehead atoms. The van der Waals surface area contributed by atoms with Crippen molar-refractivity contribution in [2.75, 3.05) is 26.7 Å². The van der Waals surface area contributed by atoms with Crippen LogP contribution in [0.5, 0.6) is 0 Å². The van der Waals surface area contributed by atoms with Crippen LogP contribution in [-0.4, -0.2) is 38.7 Å². The molecule has 0 aliphatic carbocycles. The van der Waals surface area contributed by atoms with Gasteiger partial charge >= 0.3 is 12.0 Å². The smallest absolute Gasteiger partial charge is 0.338 e. The van der Waals surface area contributed by atoms with Gasteiger partial charge in [-0.05, 0) is 17.7 Å². The van der Waals surface area contributed by atoms with Crippen LogP contribution in [0.4, 0.5) is 4.79 Å². The van der Waals surface area contributed by atoms with Crippen molar-refractivity contribution in [3.63, 3.8) is 0 Å². The largest absolute Gasteiger partial charge is 0.466 e. The van der Waals surface area contributed by atoms with Gasteiger partial charge in [-0.15, -0.1) is 0 Å². The van der Waals surface area contributed by atoms with E-state index in [9.17, 15) is 9.59 Å². The van der Waals surface area contributed by atoms with Crippen LogP contribution >= 0.6 is 11.6 Å². The van der Waals surface area contributed by atoms with Crippen LogP contribution in [-0.2, 0) is 9.53 Å². The summed E-state index contributed by atoms with van der Waals surface area (Å²) in [4.78, 5) is 25.9. The number of methoxy groups -OCH3 is 1. The van der Waals surface area contributed by atoms with Crippen LogP contribution < -0.4 is 15.5 Å². The summed E-state index contributed by atoms with van der Waals surface area (Å²) in [6.45, 7) is 2.71. The second-order valence-electron chi connectivity index (χ2n) is 6.10. The van der Waals surface area contributed by atoms with Crippen LogP contribution in [0.25, 0.3) is 0 Å². The molecule has 2 aliphatic heterocycles. The molecule has 24 heavy (non-hydrogen) atoms. The number of carbonyl (C=O) groups is 2.